The second-order valence-electron chi connectivity index (χ2n) is 4.00. The first-order valence-corrected chi connectivity index (χ1v) is 5.33. The number of aliphatic hydroxyl groups is 1. The van der Waals surface area contributed by atoms with E-state index in [0.717, 1.165) is 0 Å². The van der Waals surface area contributed by atoms with Crippen molar-refractivity contribution in [1.29, 1.82) is 0 Å². The molecule has 1 rings (SSSR count). The molecule has 0 aliphatic carbocycles. The number of phenols is 1. The number of aliphatic hydroxyl groups excluding tert-OH is 1. The molecule has 1 atom stereocenters. The molecule has 1 aromatic rings. The molecule has 90 valence electrons. The Morgan fingerprint density at radius 2 is 2.06 bits per heavy atom. The summed E-state index contributed by atoms with van der Waals surface area (Å²) in [6.45, 7) is 4.49. The summed E-state index contributed by atoms with van der Waals surface area (Å²) in [5, 5.41) is 22.4. The number of methoxy groups -OCH3 is 1. The maximum atomic E-state index is 9.95. The van der Waals surface area contributed by atoms with Gasteiger partial charge in [0.1, 0.15) is 11.5 Å². The van der Waals surface area contributed by atoms with Gasteiger partial charge < -0.3 is 20.3 Å². The normalized spacial score (nSPS) is 12.8. The highest BCUT2D eigenvalue weighted by Crippen LogP contribution is 2.28. The number of hydrogen-bond donors (Lipinski definition) is 3. The van der Waals surface area contributed by atoms with Crippen LogP contribution in [-0.4, -0.2) is 29.9 Å². The molecule has 0 radical (unpaired) electrons. The summed E-state index contributed by atoms with van der Waals surface area (Å²) in [6, 6.07) is 5.02. The molecule has 0 amide bonds. The standard InChI is InChI=1S/C12H19NO3/c1-8(2)13-7-11(15)10-5-4-9(14)6-12(10)16-3/h4-6,8,11,13-15H,7H2,1-3H3. The zero-order valence-electron chi connectivity index (χ0n) is 9.90. The quantitative estimate of drug-likeness (QED) is 0.709. The Labute approximate surface area is 95.9 Å². The number of nitrogens with one attached hydrogen (secondary N) is 1. The third kappa shape index (κ3) is 3.40. The Morgan fingerprint density at radius 3 is 2.62 bits per heavy atom. The number of benzene rings is 1. The highest BCUT2D eigenvalue weighted by molar-refractivity contribution is 5.41. The van der Waals surface area contributed by atoms with Gasteiger partial charge in [-0.25, -0.2) is 0 Å². The van der Waals surface area contributed by atoms with Crippen molar-refractivity contribution in [3.05, 3.63) is 23.8 Å². The zero-order chi connectivity index (χ0) is 12.1. The van der Waals surface area contributed by atoms with E-state index in [0.29, 0.717) is 23.9 Å². The number of rotatable bonds is 5. The van der Waals surface area contributed by atoms with Crippen molar-refractivity contribution < 1.29 is 14.9 Å². The first-order chi connectivity index (χ1) is 7.54. The van der Waals surface area contributed by atoms with Crippen LogP contribution in [0.3, 0.4) is 0 Å². The van der Waals surface area contributed by atoms with Gasteiger partial charge in [0, 0.05) is 24.2 Å². The van der Waals surface area contributed by atoms with E-state index in [1.54, 1.807) is 6.07 Å². The van der Waals surface area contributed by atoms with E-state index in [1.165, 1.54) is 19.2 Å². The van der Waals surface area contributed by atoms with Gasteiger partial charge in [-0.3, -0.25) is 0 Å². The van der Waals surface area contributed by atoms with Gasteiger partial charge in [-0.2, -0.15) is 0 Å². The summed E-state index contributed by atoms with van der Waals surface area (Å²) in [7, 11) is 1.51. The Balaban J connectivity index is 2.77. The zero-order valence-corrected chi connectivity index (χ0v) is 9.90. The topological polar surface area (TPSA) is 61.7 Å². The fourth-order valence-corrected chi connectivity index (χ4v) is 1.43. The molecule has 0 aliphatic heterocycles. The lowest BCUT2D eigenvalue weighted by molar-refractivity contribution is 0.167. The maximum absolute atomic E-state index is 9.95. The molecule has 0 saturated heterocycles. The van der Waals surface area contributed by atoms with Crippen LogP contribution in [-0.2, 0) is 0 Å². The van der Waals surface area contributed by atoms with Gasteiger partial charge in [-0.1, -0.05) is 13.8 Å². The molecular formula is C12H19NO3. The molecule has 1 unspecified atom stereocenters. The molecule has 0 heterocycles. The summed E-state index contributed by atoms with van der Waals surface area (Å²) in [5.74, 6) is 0.627. The number of ether oxygens (including phenoxy) is 1. The largest absolute Gasteiger partial charge is 0.508 e. The maximum Gasteiger partial charge on any atom is 0.128 e. The van der Waals surface area contributed by atoms with Gasteiger partial charge in [-0.05, 0) is 12.1 Å². The minimum atomic E-state index is -0.641. The molecule has 1 aromatic carbocycles. The fourth-order valence-electron chi connectivity index (χ4n) is 1.43. The van der Waals surface area contributed by atoms with Crippen LogP contribution >= 0.6 is 0 Å². The molecule has 0 aromatic heterocycles. The molecule has 16 heavy (non-hydrogen) atoms. The summed E-state index contributed by atoms with van der Waals surface area (Å²) < 4.78 is 5.11. The molecule has 0 fully saturated rings. The van der Waals surface area contributed by atoms with Crippen molar-refractivity contribution in [2.24, 2.45) is 0 Å². The lowest BCUT2D eigenvalue weighted by Crippen LogP contribution is -2.28. The van der Waals surface area contributed by atoms with Crippen LogP contribution in [0.15, 0.2) is 18.2 Å². The fraction of sp³-hybridized carbons (Fsp3) is 0.500. The second kappa shape index (κ2) is 5.72. The van der Waals surface area contributed by atoms with Crippen LogP contribution in [0.5, 0.6) is 11.5 Å². The molecule has 3 N–H and O–H groups in total. The highest BCUT2D eigenvalue weighted by atomic mass is 16.5. The van der Waals surface area contributed by atoms with Crippen molar-refractivity contribution >= 4 is 0 Å². The Bertz CT molecular complexity index is 339. The van der Waals surface area contributed by atoms with Crippen LogP contribution < -0.4 is 10.1 Å². The van der Waals surface area contributed by atoms with Crippen LogP contribution in [0.1, 0.15) is 25.5 Å². The molecule has 0 bridgehead atoms. The SMILES string of the molecule is COc1cc(O)ccc1C(O)CNC(C)C. The van der Waals surface area contributed by atoms with Gasteiger partial charge in [0.05, 0.1) is 13.2 Å². The van der Waals surface area contributed by atoms with Crippen molar-refractivity contribution in [2.75, 3.05) is 13.7 Å². The van der Waals surface area contributed by atoms with E-state index < -0.39 is 6.10 Å². The highest BCUT2D eigenvalue weighted by Gasteiger charge is 2.13. The molecular weight excluding hydrogens is 206 g/mol. The Morgan fingerprint density at radius 1 is 1.38 bits per heavy atom. The predicted molar refractivity (Wildman–Crippen MR) is 62.8 cm³/mol. The van der Waals surface area contributed by atoms with Crippen molar-refractivity contribution in [3.8, 4) is 11.5 Å². The van der Waals surface area contributed by atoms with E-state index in [4.69, 9.17) is 4.74 Å². The average molecular weight is 225 g/mol. The summed E-state index contributed by atoms with van der Waals surface area (Å²) in [5.41, 5.74) is 0.674. The molecule has 0 aliphatic rings. The molecule has 4 heteroatoms. The smallest absolute Gasteiger partial charge is 0.128 e. The first-order valence-electron chi connectivity index (χ1n) is 5.33. The minimum Gasteiger partial charge on any atom is -0.508 e. The third-order valence-corrected chi connectivity index (χ3v) is 2.30. The van der Waals surface area contributed by atoms with Crippen LogP contribution in [0.2, 0.25) is 0 Å². The number of phenolic OH excluding ortho intramolecular Hbond substituents is 1. The summed E-state index contributed by atoms with van der Waals surface area (Å²) >= 11 is 0. The van der Waals surface area contributed by atoms with Gasteiger partial charge in [0.15, 0.2) is 0 Å². The predicted octanol–water partition coefficient (Wildman–Crippen LogP) is 1.43. The Kier molecular flexibility index (Phi) is 4.58. The Hall–Kier alpha value is -1.26. The van der Waals surface area contributed by atoms with Crippen molar-refractivity contribution in [2.45, 2.75) is 26.0 Å². The van der Waals surface area contributed by atoms with Gasteiger partial charge in [-0.15, -0.1) is 0 Å². The van der Waals surface area contributed by atoms with Crippen molar-refractivity contribution in [3.63, 3.8) is 0 Å². The van der Waals surface area contributed by atoms with E-state index in [-0.39, 0.29) is 5.75 Å². The summed E-state index contributed by atoms with van der Waals surface area (Å²) in [6.07, 6.45) is -0.641. The van der Waals surface area contributed by atoms with Crippen LogP contribution in [0.25, 0.3) is 0 Å². The van der Waals surface area contributed by atoms with E-state index in [9.17, 15) is 10.2 Å². The van der Waals surface area contributed by atoms with E-state index >= 15 is 0 Å². The van der Waals surface area contributed by atoms with Crippen molar-refractivity contribution in [1.82, 2.24) is 5.32 Å². The third-order valence-electron chi connectivity index (χ3n) is 2.30. The lowest BCUT2D eigenvalue weighted by atomic mass is 10.1. The lowest BCUT2D eigenvalue weighted by Gasteiger charge is -2.17. The van der Waals surface area contributed by atoms with Crippen LogP contribution in [0, 0.1) is 0 Å². The van der Waals surface area contributed by atoms with E-state index in [2.05, 4.69) is 5.32 Å². The molecule has 0 saturated carbocycles. The first kappa shape index (κ1) is 12.8. The number of aromatic hydroxyl groups is 1. The van der Waals surface area contributed by atoms with Gasteiger partial charge in [0.2, 0.25) is 0 Å². The van der Waals surface area contributed by atoms with Crippen LogP contribution in [0.4, 0.5) is 0 Å². The van der Waals surface area contributed by atoms with E-state index in [1.807, 2.05) is 13.8 Å². The minimum absolute atomic E-state index is 0.129. The molecule has 0 spiro atoms. The van der Waals surface area contributed by atoms with Gasteiger partial charge >= 0.3 is 0 Å². The summed E-state index contributed by atoms with van der Waals surface area (Å²) in [4.78, 5) is 0. The average Bonchev–Trinajstić information content (AvgIpc) is 2.25. The van der Waals surface area contributed by atoms with Gasteiger partial charge in [0.25, 0.3) is 0 Å². The number of hydrogen-bond acceptors (Lipinski definition) is 4. The second-order valence-corrected chi connectivity index (χ2v) is 4.00. The molecule has 4 nitrogen and oxygen atoms in total. The monoisotopic (exact) mass is 225 g/mol.